The Morgan fingerprint density at radius 2 is 1.94 bits per heavy atom. The fourth-order valence-electron chi connectivity index (χ4n) is 2.52. The van der Waals surface area contributed by atoms with E-state index in [1.807, 2.05) is 32.7 Å². The van der Waals surface area contributed by atoms with Crippen molar-refractivity contribution < 1.29 is 4.79 Å². The van der Waals surface area contributed by atoms with E-state index in [-0.39, 0.29) is 11.3 Å². The van der Waals surface area contributed by atoms with Crippen molar-refractivity contribution in [3.63, 3.8) is 0 Å². The average molecular weight is 240 g/mol. The molecule has 1 saturated carbocycles. The van der Waals surface area contributed by atoms with Crippen LogP contribution in [0.5, 0.6) is 0 Å². The molecule has 0 aromatic carbocycles. The van der Waals surface area contributed by atoms with Crippen LogP contribution in [0.3, 0.4) is 0 Å². The van der Waals surface area contributed by atoms with Gasteiger partial charge in [0.25, 0.3) is 0 Å². The summed E-state index contributed by atoms with van der Waals surface area (Å²) in [4.78, 5) is 14.2. The Bertz CT molecular complexity index is 270. The third-order valence-electron chi connectivity index (χ3n) is 4.00. The molecule has 3 unspecified atom stereocenters. The van der Waals surface area contributed by atoms with Crippen LogP contribution in [0, 0.1) is 11.3 Å². The molecule has 3 atom stereocenters. The van der Waals surface area contributed by atoms with Gasteiger partial charge in [0.05, 0.1) is 6.04 Å². The molecule has 1 amide bonds. The van der Waals surface area contributed by atoms with Gasteiger partial charge in [0.15, 0.2) is 0 Å². The summed E-state index contributed by atoms with van der Waals surface area (Å²) in [6.45, 7) is 8.33. The number of amides is 1. The minimum atomic E-state index is -0.398. The van der Waals surface area contributed by atoms with Gasteiger partial charge in [-0.05, 0) is 24.2 Å². The number of hydrogen-bond acceptors (Lipinski definition) is 2. The van der Waals surface area contributed by atoms with Gasteiger partial charge in [0.1, 0.15) is 0 Å². The molecule has 1 aliphatic carbocycles. The maximum Gasteiger partial charge on any atom is 0.240 e. The zero-order chi connectivity index (χ0) is 13.2. The summed E-state index contributed by atoms with van der Waals surface area (Å²) in [5.74, 6) is 0.825. The van der Waals surface area contributed by atoms with E-state index in [2.05, 4.69) is 6.92 Å². The zero-order valence-electron chi connectivity index (χ0n) is 12.0. The number of hydrogen-bond donors (Lipinski definition) is 1. The highest BCUT2D eigenvalue weighted by molar-refractivity contribution is 5.82. The van der Waals surface area contributed by atoms with E-state index < -0.39 is 6.04 Å². The van der Waals surface area contributed by atoms with Gasteiger partial charge in [0.2, 0.25) is 5.91 Å². The van der Waals surface area contributed by atoms with Crippen LogP contribution < -0.4 is 5.73 Å². The Labute approximate surface area is 106 Å². The van der Waals surface area contributed by atoms with E-state index in [1.165, 1.54) is 12.8 Å². The largest absolute Gasteiger partial charge is 0.341 e. The van der Waals surface area contributed by atoms with Crippen LogP contribution in [-0.4, -0.2) is 29.9 Å². The van der Waals surface area contributed by atoms with Crippen LogP contribution >= 0.6 is 0 Å². The maximum atomic E-state index is 12.3. The van der Waals surface area contributed by atoms with Crippen molar-refractivity contribution in [2.24, 2.45) is 17.1 Å². The highest BCUT2D eigenvalue weighted by Crippen LogP contribution is 2.28. The first kappa shape index (κ1) is 14.5. The zero-order valence-corrected chi connectivity index (χ0v) is 12.0. The molecule has 0 aliphatic heterocycles. The third-order valence-corrected chi connectivity index (χ3v) is 4.00. The van der Waals surface area contributed by atoms with Gasteiger partial charge in [-0.2, -0.15) is 0 Å². The number of nitrogens with zero attached hydrogens (tertiary/aromatic N) is 1. The average Bonchev–Trinajstić information content (AvgIpc) is 2.25. The highest BCUT2D eigenvalue weighted by atomic mass is 16.2. The summed E-state index contributed by atoms with van der Waals surface area (Å²) < 4.78 is 0. The molecule has 100 valence electrons. The lowest BCUT2D eigenvalue weighted by molar-refractivity contribution is -0.136. The van der Waals surface area contributed by atoms with E-state index in [0.717, 1.165) is 18.8 Å². The van der Waals surface area contributed by atoms with Crippen LogP contribution in [0.2, 0.25) is 0 Å². The molecule has 0 heterocycles. The lowest BCUT2D eigenvalue weighted by atomic mass is 9.84. The molecule has 1 aliphatic rings. The Balaban J connectivity index is 2.63. The number of likely N-dealkylation sites (N-methyl/N-ethyl adjacent to an activating group) is 1. The minimum Gasteiger partial charge on any atom is -0.341 e. The summed E-state index contributed by atoms with van der Waals surface area (Å²) in [6.07, 6.45) is 4.78. The molecule has 0 radical (unpaired) electrons. The molecule has 0 spiro atoms. The summed E-state index contributed by atoms with van der Waals surface area (Å²) in [5, 5.41) is 0. The second-order valence-electron chi connectivity index (χ2n) is 6.72. The monoisotopic (exact) mass is 240 g/mol. The summed E-state index contributed by atoms with van der Waals surface area (Å²) in [5.41, 5.74) is 5.88. The topological polar surface area (TPSA) is 46.3 Å². The van der Waals surface area contributed by atoms with Crippen LogP contribution in [0.1, 0.15) is 53.4 Å². The number of carbonyl (C=O) groups is 1. The van der Waals surface area contributed by atoms with E-state index in [9.17, 15) is 4.79 Å². The molecule has 1 fully saturated rings. The van der Waals surface area contributed by atoms with Gasteiger partial charge in [-0.3, -0.25) is 4.79 Å². The van der Waals surface area contributed by atoms with Gasteiger partial charge in [-0.15, -0.1) is 0 Å². The molecule has 0 saturated heterocycles. The van der Waals surface area contributed by atoms with E-state index in [0.29, 0.717) is 6.04 Å². The van der Waals surface area contributed by atoms with Crippen molar-refractivity contribution in [3.05, 3.63) is 0 Å². The van der Waals surface area contributed by atoms with Crippen molar-refractivity contribution in [1.82, 2.24) is 4.90 Å². The quantitative estimate of drug-likeness (QED) is 0.805. The lowest BCUT2D eigenvalue weighted by Gasteiger charge is -2.37. The van der Waals surface area contributed by atoms with Crippen molar-refractivity contribution in [2.75, 3.05) is 7.05 Å². The molecular formula is C14H28N2O. The standard InChI is InChI=1S/C14H28N2O/c1-10-7-6-8-11(9-10)16(5)13(17)12(15)14(2,3)4/h10-12H,6-9,15H2,1-5H3. The molecular weight excluding hydrogens is 212 g/mol. The molecule has 0 aromatic rings. The molecule has 3 nitrogen and oxygen atoms in total. The van der Waals surface area contributed by atoms with Crippen molar-refractivity contribution >= 4 is 5.91 Å². The number of carbonyl (C=O) groups excluding carboxylic acids is 1. The van der Waals surface area contributed by atoms with Crippen molar-refractivity contribution in [2.45, 2.75) is 65.5 Å². The first-order chi connectivity index (χ1) is 7.73. The van der Waals surface area contributed by atoms with Crippen LogP contribution in [-0.2, 0) is 4.79 Å². The molecule has 1 rings (SSSR count). The molecule has 3 heteroatoms. The summed E-state index contributed by atoms with van der Waals surface area (Å²) in [6, 6.07) is -0.00983. The minimum absolute atomic E-state index is 0.0941. The summed E-state index contributed by atoms with van der Waals surface area (Å²) >= 11 is 0. The Morgan fingerprint density at radius 1 is 1.35 bits per heavy atom. The Kier molecular flexibility index (Phi) is 4.59. The van der Waals surface area contributed by atoms with Gasteiger partial charge >= 0.3 is 0 Å². The second-order valence-corrected chi connectivity index (χ2v) is 6.72. The SMILES string of the molecule is CC1CCCC(N(C)C(=O)C(N)C(C)(C)C)C1. The van der Waals surface area contributed by atoms with Gasteiger partial charge < -0.3 is 10.6 Å². The van der Waals surface area contributed by atoms with Crippen LogP contribution in [0.15, 0.2) is 0 Å². The van der Waals surface area contributed by atoms with Gasteiger partial charge in [-0.1, -0.05) is 40.5 Å². The Morgan fingerprint density at radius 3 is 2.41 bits per heavy atom. The maximum absolute atomic E-state index is 12.3. The lowest BCUT2D eigenvalue weighted by Crippen LogP contribution is -2.52. The third kappa shape index (κ3) is 3.70. The normalized spacial score (nSPS) is 27.6. The highest BCUT2D eigenvalue weighted by Gasteiger charge is 2.33. The van der Waals surface area contributed by atoms with Crippen molar-refractivity contribution in [3.8, 4) is 0 Å². The fourth-order valence-corrected chi connectivity index (χ4v) is 2.52. The van der Waals surface area contributed by atoms with E-state index in [4.69, 9.17) is 5.73 Å². The van der Waals surface area contributed by atoms with Gasteiger partial charge in [0, 0.05) is 13.1 Å². The smallest absolute Gasteiger partial charge is 0.240 e. The first-order valence-corrected chi connectivity index (χ1v) is 6.75. The molecule has 17 heavy (non-hydrogen) atoms. The predicted molar refractivity (Wildman–Crippen MR) is 71.6 cm³/mol. The molecule has 0 bridgehead atoms. The van der Waals surface area contributed by atoms with Crippen molar-refractivity contribution in [1.29, 1.82) is 0 Å². The van der Waals surface area contributed by atoms with Crippen LogP contribution in [0.4, 0.5) is 0 Å². The summed E-state index contributed by atoms with van der Waals surface area (Å²) in [7, 11) is 1.91. The first-order valence-electron chi connectivity index (χ1n) is 6.75. The molecule has 0 aromatic heterocycles. The van der Waals surface area contributed by atoms with E-state index >= 15 is 0 Å². The molecule has 2 N–H and O–H groups in total. The van der Waals surface area contributed by atoms with E-state index in [1.54, 1.807) is 0 Å². The number of nitrogens with two attached hydrogens (primary N) is 1. The fraction of sp³-hybridized carbons (Fsp3) is 0.929. The van der Waals surface area contributed by atoms with Gasteiger partial charge in [-0.25, -0.2) is 0 Å². The Hall–Kier alpha value is -0.570. The predicted octanol–water partition coefficient (Wildman–Crippen LogP) is 2.40. The van der Waals surface area contributed by atoms with Crippen LogP contribution in [0.25, 0.3) is 0 Å². The number of rotatable bonds is 2. The second kappa shape index (κ2) is 5.38.